The van der Waals surface area contributed by atoms with E-state index in [1.54, 1.807) is 7.11 Å². The Morgan fingerprint density at radius 2 is 1.90 bits per heavy atom. The van der Waals surface area contributed by atoms with Crippen LogP contribution in [0.3, 0.4) is 0 Å². The monoisotopic (exact) mass is 300 g/mol. The normalized spacial score (nSPS) is 22.7. The number of hydrogen-bond donors (Lipinski definition) is 1. The molecule has 1 fully saturated rings. The molecule has 1 aliphatic rings. The zero-order valence-corrected chi connectivity index (χ0v) is 12.8. The van der Waals surface area contributed by atoms with Gasteiger partial charge in [0.1, 0.15) is 0 Å². The van der Waals surface area contributed by atoms with Gasteiger partial charge in [-0.05, 0) is 5.56 Å². The maximum atomic E-state index is 6.25. The van der Waals surface area contributed by atoms with Crippen molar-refractivity contribution in [1.29, 1.82) is 0 Å². The Bertz CT molecular complexity index is 364. The summed E-state index contributed by atoms with van der Waals surface area (Å²) in [5.41, 5.74) is 7.60. The second-order valence-electron chi connectivity index (χ2n) is 5.05. The third-order valence-corrected chi connectivity index (χ3v) is 3.65. The number of nitrogens with zero attached hydrogens (tertiary/aromatic N) is 1. The van der Waals surface area contributed by atoms with Crippen molar-refractivity contribution in [1.82, 2.24) is 4.90 Å². The molecule has 0 bridgehead atoms. The molecule has 0 saturated carbocycles. The van der Waals surface area contributed by atoms with Crippen LogP contribution in [-0.2, 0) is 9.47 Å². The van der Waals surface area contributed by atoms with Gasteiger partial charge in [-0.25, -0.2) is 0 Å². The molecule has 0 unspecified atom stereocenters. The highest BCUT2D eigenvalue weighted by Crippen LogP contribution is 2.25. The molecule has 2 N–H and O–H groups in total. The number of halogens is 1. The Balaban J connectivity index is 0.00000200. The number of nitrogens with two attached hydrogens (primary N) is 1. The van der Waals surface area contributed by atoms with E-state index in [0.29, 0.717) is 19.1 Å². The minimum atomic E-state index is 0. The van der Waals surface area contributed by atoms with E-state index < -0.39 is 0 Å². The third kappa shape index (κ3) is 5.04. The number of benzene rings is 1. The van der Waals surface area contributed by atoms with E-state index in [1.165, 1.54) is 5.56 Å². The fourth-order valence-corrected chi connectivity index (χ4v) is 2.59. The molecule has 4 nitrogen and oxygen atoms in total. The molecule has 1 heterocycles. The first-order valence-corrected chi connectivity index (χ1v) is 6.91. The highest BCUT2D eigenvalue weighted by molar-refractivity contribution is 5.85. The van der Waals surface area contributed by atoms with Gasteiger partial charge in [0.05, 0.1) is 19.8 Å². The molecular formula is C15H25ClN2O2. The second-order valence-corrected chi connectivity index (χ2v) is 5.05. The molecule has 5 heteroatoms. The lowest BCUT2D eigenvalue weighted by Crippen LogP contribution is -2.30. The van der Waals surface area contributed by atoms with Gasteiger partial charge >= 0.3 is 0 Å². The molecule has 1 aromatic carbocycles. The van der Waals surface area contributed by atoms with E-state index in [1.807, 2.05) is 6.07 Å². The highest BCUT2D eigenvalue weighted by atomic mass is 35.5. The lowest BCUT2D eigenvalue weighted by molar-refractivity contribution is 0.0601. The Labute approximate surface area is 127 Å². The standard InChI is InChI=1S/C15H24N2O2.ClH/c1-18-9-10-19-8-7-17-11-14(15(16)12-17)13-5-3-2-4-6-13;/h2-6,14-15H,7-12,16H2,1H3;1H/t14-,15+;/m0./s1. The third-order valence-electron chi connectivity index (χ3n) is 3.65. The van der Waals surface area contributed by atoms with Crippen LogP contribution in [0.2, 0.25) is 0 Å². The van der Waals surface area contributed by atoms with Gasteiger partial charge in [-0.1, -0.05) is 30.3 Å². The summed E-state index contributed by atoms with van der Waals surface area (Å²) in [7, 11) is 1.69. The maximum Gasteiger partial charge on any atom is 0.0700 e. The highest BCUT2D eigenvalue weighted by Gasteiger charge is 2.30. The lowest BCUT2D eigenvalue weighted by atomic mass is 9.95. The molecule has 1 aliphatic heterocycles. The van der Waals surface area contributed by atoms with Crippen LogP contribution >= 0.6 is 12.4 Å². The van der Waals surface area contributed by atoms with Gasteiger partial charge in [0.15, 0.2) is 0 Å². The first-order chi connectivity index (χ1) is 9.31. The largest absolute Gasteiger partial charge is 0.382 e. The molecule has 2 rings (SSSR count). The molecule has 0 radical (unpaired) electrons. The number of methoxy groups -OCH3 is 1. The first kappa shape index (κ1) is 17.4. The lowest BCUT2D eigenvalue weighted by Gasteiger charge is -2.16. The average Bonchev–Trinajstić information content (AvgIpc) is 2.81. The molecule has 0 spiro atoms. The molecule has 20 heavy (non-hydrogen) atoms. The predicted octanol–water partition coefficient (Wildman–Crippen LogP) is 1.50. The van der Waals surface area contributed by atoms with Crippen molar-refractivity contribution in [3.05, 3.63) is 35.9 Å². The Kier molecular flexibility index (Phi) is 8.11. The van der Waals surface area contributed by atoms with Crippen LogP contribution in [0.15, 0.2) is 30.3 Å². The minimum Gasteiger partial charge on any atom is -0.382 e. The quantitative estimate of drug-likeness (QED) is 0.775. The Morgan fingerprint density at radius 3 is 2.60 bits per heavy atom. The predicted molar refractivity (Wildman–Crippen MR) is 83.5 cm³/mol. The molecule has 0 amide bonds. The van der Waals surface area contributed by atoms with E-state index in [4.69, 9.17) is 15.2 Å². The molecule has 1 aromatic rings. The summed E-state index contributed by atoms with van der Waals surface area (Å²) < 4.78 is 10.5. The van der Waals surface area contributed by atoms with E-state index >= 15 is 0 Å². The number of ether oxygens (including phenoxy) is 2. The van der Waals surface area contributed by atoms with Gasteiger partial charge in [-0.15, -0.1) is 12.4 Å². The summed E-state index contributed by atoms with van der Waals surface area (Å²) in [6.07, 6.45) is 0. The Morgan fingerprint density at radius 1 is 1.15 bits per heavy atom. The van der Waals surface area contributed by atoms with Gasteiger partial charge in [0, 0.05) is 38.7 Å². The molecule has 0 aromatic heterocycles. The minimum absolute atomic E-state index is 0. The summed E-state index contributed by atoms with van der Waals surface area (Å²) in [5, 5.41) is 0. The first-order valence-electron chi connectivity index (χ1n) is 6.91. The van der Waals surface area contributed by atoms with Crippen molar-refractivity contribution in [2.75, 3.05) is 46.6 Å². The van der Waals surface area contributed by atoms with Crippen LogP contribution < -0.4 is 5.73 Å². The van der Waals surface area contributed by atoms with E-state index in [-0.39, 0.29) is 18.4 Å². The van der Waals surface area contributed by atoms with Gasteiger partial charge < -0.3 is 15.2 Å². The molecule has 1 saturated heterocycles. The molecule has 114 valence electrons. The summed E-state index contributed by atoms with van der Waals surface area (Å²) in [5.74, 6) is 0.445. The SMILES string of the molecule is COCCOCCN1C[C@@H](N)[C@H](c2ccccc2)C1.Cl. The molecule has 0 aliphatic carbocycles. The van der Waals surface area contributed by atoms with Crippen LogP contribution in [0.25, 0.3) is 0 Å². The van der Waals surface area contributed by atoms with Gasteiger partial charge in [-0.2, -0.15) is 0 Å². The van der Waals surface area contributed by atoms with Crippen LogP contribution in [-0.4, -0.2) is 57.5 Å². The summed E-state index contributed by atoms with van der Waals surface area (Å²) in [6, 6.07) is 10.8. The number of rotatable bonds is 7. The summed E-state index contributed by atoms with van der Waals surface area (Å²) in [4.78, 5) is 2.38. The van der Waals surface area contributed by atoms with E-state index in [2.05, 4.69) is 29.2 Å². The number of likely N-dealkylation sites (tertiary alicyclic amines) is 1. The number of hydrogen-bond acceptors (Lipinski definition) is 4. The zero-order valence-electron chi connectivity index (χ0n) is 12.0. The molecular weight excluding hydrogens is 276 g/mol. The van der Waals surface area contributed by atoms with Crippen molar-refractivity contribution < 1.29 is 9.47 Å². The van der Waals surface area contributed by atoms with E-state index in [0.717, 1.165) is 26.2 Å². The van der Waals surface area contributed by atoms with Gasteiger partial charge in [-0.3, -0.25) is 4.90 Å². The zero-order chi connectivity index (χ0) is 13.5. The smallest absolute Gasteiger partial charge is 0.0700 e. The van der Waals surface area contributed by atoms with E-state index in [9.17, 15) is 0 Å². The van der Waals surface area contributed by atoms with Crippen LogP contribution in [0, 0.1) is 0 Å². The summed E-state index contributed by atoms with van der Waals surface area (Å²) >= 11 is 0. The van der Waals surface area contributed by atoms with Crippen molar-refractivity contribution >= 4 is 12.4 Å². The van der Waals surface area contributed by atoms with Crippen LogP contribution in [0.1, 0.15) is 11.5 Å². The maximum absolute atomic E-state index is 6.25. The molecule has 2 atom stereocenters. The summed E-state index contributed by atoms with van der Waals surface area (Å²) in [6.45, 7) is 5.00. The fraction of sp³-hybridized carbons (Fsp3) is 0.600. The van der Waals surface area contributed by atoms with Crippen LogP contribution in [0.5, 0.6) is 0 Å². The van der Waals surface area contributed by atoms with Crippen molar-refractivity contribution in [3.63, 3.8) is 0 Å². The fourth-order valence-electron chi connectivity index (χ4n) is 2.59. The van der Waals surface area contributed by atoms with Crippen molar-refractivity contribution in [2.24, 2.45) is 5.73 Å². The Hall–Kier alpha value is -0.650. The average molecular weight is 301 g/mol. The second kappa shape index (κ2) is 9.32. The topological polar surface area (TPSA) is 47.7 Å². The van der Waals surface area contributed by atoms with Crippen molar-refractivity contribution in [3.8, 4) is 0 Å². The van der Waals surface area contributed by atoms with Gasteiger partial charge in [0.2, 0.25) is 0 Å². The van der Waals surface area contributed by atoms with Crippen LogP contribution in [0.4, 0.5) is 0 Å². The van der Waals surface area contributed by atoms with Gasteiger partial charge in [0.25, 0.3) is 0 Å². The van der Waals surface area contributed by atoms with Crippen molar-refractivity contribution in [2.45, 2.75) is 12.0 Å².